The normalized spacial score (nSPS) is 24.5. The summed E-state index contributed by atoms with van der Waals surface area (Å²) in [6.45, 7) is 1.78. The molecule has 2 unspecified atom stereocenters. The zero-order chi connectivity index (χ0) is 16.3. The fourth-order valence-corrected chi connectivity index (χ4v) is 3.00. The molecule has 4 N–H and O–H groups in total. The quantitative estimate of drug-likeness (QED) is 0.783. The number of carbonyl (C=O) groups is 3. The SMILES string of the molecule is CC1(NC(=O)c2ccc(C(N)=O)cc2)CCCCC1C(=O)O. The van der Waals surface area contributed by atoms with E-state index in [4.69, 9.17) is 5.73 Å². The Labute approximate surface area is 128 Å². The van der Waals surface area contributed by atoms with Gasteiger partial charge in [0.15, 0.2) is 0 Å². The minimum absolute atomic E-state index is 0.323. The number of nitrogens with two attached hydrogens (primary N) is 1. The number of aliphatic carboxylic acids is 1. The fraction of sp³-hybridized carbons (Fsp3) is 0.438. The van der Waals surface area contributed by atoms with Crippen LogP contribution in [0.4, 0.5) is 0 Å². The molecule has 0 saturated heterocycles. The van der Waals surface area contributed by atoms with Gasteiger partial charge in [-0.05, 0) is 44.0 Å². The van der Waals surface area contributed by atoms with E-state index in [1.807, 2.05) is 0 Å². The monoisotopic (exact) mass is 304 g/mol. The Balaban J connectivity index is 2.15. The highest BCUT2D eigenvalue weighted by Crippen LogP contribution is 2.34. The number of hydrogen-bond acceptors (Lipinski definition) is 3. The second-order valence-corrected chi connectivity index (χ2v) is 5.95. The van der Waals surface area contributed by atoms with Crippen molar-refractivity contribution in [2.45, 2.75) is 38.1 Å². The van der Waals surface area contributed by atoms with Crippen LogP contribution in [0.3, 0.4) is 0 Å². The van der Waals surface area contributed by atoms with Gasteiger partial charge < -0.3 is 16.2 Å². The van der Waals surface area contributed by atoms with Crippen LogP contribution >= 0.6 is 0 Å². The molecule has 1 aliphatic rings. The number of rotatable bonds is 4. The molecule has 22 heavy (non-hydrogen) atoms. The molecule has 0 radical (unpaired) electrons. The van der Waals surface area contributed by atoms with Crippen LogP contribution in [-0.4, -0.2) is 28.4 Å². The second kappa shape index (κ2) is 6.17. The van der Waals surface area contributed by atoms with Crippen LogP contribution in [0.1, 0.15) is 53.3 Å². The zero-order valence-electron chi connectivity index (χ0n) is 12.5. The summed E-state index contributed by atoms with van der Waals surface area (Å²) in [4.78, 5) is 34.8. The summed E-state index contributed by atoms with van der Waals surface area (Å²) in [5, 5.41) is 12.2. The Hall–Kier alpha value is -2.37. The number of nitrogens with one attached hydrogen (secondary N) is 1. The minimum atomic E-state index is -0.883. The third kappa shape index (κ3) is 3.27. The third-order valence-electron chi connectivity index (χ3n) is 4.34. The average molecular weight is 304 g/mol. The van der Waals surface area contributed by atoms with Crippen LogP contribution in [0, 0.1) is 5.92 Å². The zero-order valence-corrected chi connectivity index (χ0v) is 12.5. The van der Waals surface area contributed by atoms with Gasteiger partial charge in [0.1, 0.15) is 0 Å². The molecule has 2 rings (SSSR count). The van der Waals surface area contributed by atoms with Crippen molar-refractivity contribution in [2.75, 3.05) is 0 Å². The number of carbonyl (C=O) groups excluding carboxylic acids is 2. The fourth-order valence-electron chi connectivity index (χ4n) is 3.00. The summed E-state index contributed by atoms with van der Waals surface area (Å²) >= 11 is 0. The molecule has 1 fully saturated rings. The molecule has 6 nitrogen and oxygen atoms in total. The number of carboxylic acids is 1. The van der Waals surface area contributed by atoms with Crippen LogP contribution < -0.4 is 11.1 Å². The lowest BCUT2D eigenvalue weighted by atomic mass is 9.73. The van der Waals surface area contributed by atoms with Gasteiger partial charge in [-0.15, -0.1) is 0 Å². The Kier molecular flexibility index (Phi) is 4.49. The maximum Gasteiger partial charge on any atom is 0.308 e. The van der Waals surface area contributed by atoms with Gasteiger partial charge >= 0.3 is 5.97 Å². The van der Waals surface area contributed by atoms with Crippen molar-refractivity contribution in [3.8, 4) is 0 Å². The summed E-state index contributed by atoms with van der Waals surface area (Å²) in [5.74, 6) is -2.37. The van der Waals surface area contributed by atoms with Gasteiger partial charge in [-0.1, -0.05) is 12.8 Å². The molecular weight excluding hydrogens is 284 g/mol. The van der Waals surface area contributed by atoms with E-state index in [0.29, 0.717) is 24.0 Å². The number of amides is 2. The highest BCUT2D eigenvalue weighted by atomic mass is 16.4. The Morgan fingerprint density at radius 2 is 1.77 bits per heavy atom. The molecule has 1 saturated carbocycles. The Morgan fingerprint density at radius 3 is 2.32 bits per heavy atom. The topological polar surface area (TPSA) is 109 Å². The van der Waals surface area contributed by atoms with Gasteiger partial charge in [0.2, 0.25) is 5.91 Å². The van der Waals surface area contributed by atoms with Crippen molar-refractivity contribution in [1.82, 2.24) is 5.32 Å². The van der Waals surface area contributed by atoms with Crippen LogP contribution in [0.2, 0.25) is 0 Å². The molecule has 2 amide bonds. The van der Waals surface area contributed by atoms with Crippen molar-refractivity contribution >= 4 is 17.8 Å². The minimum Gasteiger partial charge on any atom is -0.481 e. The van der Waals surface area contributed by atoms with Crippen molar-refractivity contribution < 1.29 is 19.5 Å². The molecule has 1 aliphatic carbocycles. The highest BCUT2D eigenvalue weighted by Gasteiger charge is 2.42. The first kappa shape index (κ1) is 16.0. The first-order valence-corrected chi connectivity index (χ1v) is 7.29. The van der Waals surface area contributed by atoms with Crippen molar-refractivity contribution in [1.29, 1.82) is 0 Å². The predicted molar refractivity (Wildman–Crippen MR) is 80.4 cm³/mol. The van der Waals surface area contributed by atoms with Crippen LogP contribution in [0.25, 0.3) is 0 Å². The lowest BCUT2D eigenvalue weighted by Gasteiger charge is -2.39. The predicted octanol–water partition coefficient (Wildman–Crippen LogP) is 1.55. The lowest BCUT2D eigenvalue weighted by Crippen LogP contribution is -2.55. The molecule has 0 spiro atoms. The van der Waals surface area contributed by atoms with Gasteiger partial charge in [-0.3, -0.25) is 14.4 Å². The third-order valence-corrected chi connectivity index (χ3v) is 4.34. The van der Waals surface area contributed by atoms with Gasteiger partial charge in [0.05, 0.1) is 11.5 Å². The van der Waals surface area contributed by atoms with Gasteiger partial charge in [-0.25, -0.2) is 0 Å². The van der Waals surface area contributed by atoms with Crippen molar-refractivity contribution in [2.24, 2.45) is 11.7 Å². The van der Waals surface area contributed by atoms with Crippen LogP contribution in [0.15, 0.2) is 24.3 Å². The highest BCUT2D eigenvalue weighted by molar-refractivity contribution is 5.97. The van der Waals surface area contributed by atoms with E-state index < -0.39 is 23.3 Å². The summed E-state index contributed by atoms with van der Waals surface area (Å²) in [7, 11) is 0. The van der Waals surface area contributed by atoms with Crippen molar-refractivity contribution in [3.05, 3.63) is 35.4 Å². The maximum atomic E-state index is 12.3. The summed E-state index contributed by atoms with van der Waals surface area (Å²) in [6, 6.07) is 5.99. The number of carboxylic acid groups (broad SMARTS) is 1. The van der Waals surface area contributed by atoms with E-state index in [0.717, 1.165) is 12.8 Å². The van der Waals surface area contributed by atoms with E-state index >= 15 is 0 Å². The maximum absolute atomic E-state index is 12.3. The first-order chi connectivity index (χ1) is 10.3. The van der Waals surface area contributed by atoms with Gasteiger partial charge in [0, 0.05) is 11.1 Å². The number of primary amides is 1. The van der Waals surface area contributed by atoms with E-state index in [2.05, 4.69) is 5.32 Å². The number of hydrogen-bond donors (Lipinski definition) is 3. The molecule has 0 aromatic heterocycles. The number of benzene rings is 1. The van der Waals surface area contributed by atoms with E-state index in [9.17, 15) is 19.5 Å². The standard InChI is InChI=1S/C16H20N2O4/c1-16(9-3-2-4-12(16)15(21)22)18-14(20)11-7-5-10(6-8-11)13(17)19/h5-8,12H,2-4,9H2,1H3,(H2,17,19)(H,18,20)(H,21,22). The first-order valence-electron chi connectivity index (χ1n) is 7.29. The Morgan fingerprint density at radius 1 is 1.18 bits per heavy atom. The molecule has 1 aromatic rings. The molecule has 0 aliphatic heterocycles. The molecule has 6 heteroatoms. The summed E-state index contributed by atoms with van der Waals surface area (Å²) in [6.07, 6.45) is 2.94. The molecule has 118 valence electrons. The molecule has 1 aromatic carbocycles. The molecule has 0 heterocycles. The molecule has 0 bridgehead atoms. The average Bonchev–Trinajstić information content (AvgIpc) is 2.47. The van der Waals surface area contributed by atoms with E-state index in [-0.39, 0.29) is 5.91 Å². The summed E-state index contributed by atoms with van der Waals surface area (Å²) < 4.78 is 0. The van der Waals surface area contributed by atoms with Gasteiger partial charge in [-0.2, -0.15) is 0 Å². The van der Waals surface area contributed by atoms with Crippen molar-refractivity contribution in [3.63, 3.8) is 0 Å². The smallest absolute Gasteiger partial charge is 0.308 e. The van der Waals surface area contributed by atoms with Crippen LogP contribution in [0.5, 0.6) is 0 Å². The summed E-state index contributed by atoms with van der Waals surface area (Å²) in [5.41, 5.74) is 5.10. The molecule has 2 atom stereocenters. The molecular formula is C16H20N2O4. The van der Waals surface area contributed by atoms with Crippen LogP contribution in [-0.2, 0) is 4.79 Å². The van der Waals surface area contributed by atoms with Gasteiger partial charge in [0.25, 0.3) is 5.91 Å². The second-order valence-electron chi connectivity index (χ2n) is 5.95. The van der Waals surface area contributed by atoms with E-state index in [1.165, 1.54) is 24.3 Å². The lowest BCUT2D eigenvalue weighted by molar-refractivity contribution is -0.145. The van der Waals surface area contributed by atoms with E-state index in [1.54, 1.807) is 6.92 Å². The Bertz CT molecular complexity index is 597. The largest absolute Gasteiger partial charge is 0.481 e.